The van der Waals surface area contributed by atoms with Crippen LogP contribution in [0.15, 0.2) is 66.9 Å². The Morgan fingerprint density at radius 3 is 2.32 bits per heavy atom. The summed E-state index contributed by atoms with van der Waals surface area (Å²) < 4.78 is 40.5. The molecule has 28 heavy (non-hydrogen) atoms. The van der Waals surface area contributed by atoms with Gasteiger partial charge in [-0.05, 0) is 48.0 Å². The molecule has 4 aromatic rings. The summed E-state index contributed by atoms with van der Waals surface area (Å²) in [5, 5.41) is 4.60. The predicted octanol–water partition coefficient (Wildman–Crippen LogP) is 7.59. The van der Waals surface area contributed by atoms with Gasteiger partial charge in [0, 0.05) is 4.88 Å². The molecule has 0 saturated carbocycles. The second-order valence-corrected chi connectivity index (χ2v) is 7.83. The van der Waals surface area contributed by atoms with Crippen molar-refractivity contribution >= 4 is 34.5 Å². The molecule has 0 atom stereocenters. The van der Waals surface area contributed by atoms with Crippen molar-refractivity contribution in [2.75, 3.05) is 0 Å². The molecule has 0 aliphatic carbocycles. The van der Waals surface area contributed by atoms with Crippen molar-refractivity contribution in [3.05, 3.63) is 82.5 Å². The van der Waals surface area contributed by atoms with Crippen molar-refractivity contribution in [2.45, 2.75) is 6.18 Å². The molecule has 8 heteroatoms. The first-order valence-corrected chi connectivity index (χ1v) is 9.68. The Kier molecular flexibility index (Phi) is 4.95. The molecule has 4 rings (SSSR count). The highest BCUT2D eigenvalue weighted by molar-refractivity contribution is 7.18. The molecule has 2 heterocycles. The van der Waals surface area contributed by atoms with E-state index in [1.54, 1.807) is 16.9 Å². The number of hydrogen-bond donors (Lipinski definition) is 0. The van der Waals surface area contributed by atoms with Crippen LogP contribution in [0, 0.1) is 0 Å². The van der Waals surface area contributed by atoms with E-state index in [2.05, 4.69) is 5.10 Å². The number of thiophene rings is 1. The van der Waals surface area contributed by atoms with Crippen LogP contribution in [0.1, 0.15) is 5.56 Å². The zero-order valence-corrected chi connectivity index (χ0v) is 16.4. The van der Waals surface area contributed by atoms with Gasteiger partial charge in [-0.2, -0.15) is 18.3 Å². The van der Waals surface area contributed by atoms with Crippen LogP contribution in [-0.4, -0.2) is 9.78 Å². The average Bonchev–Trinajstić information content (AvgIpc) is 3.30. The summed E-state index contributed by atoms with van der Waals surface area (Å²) in [6.07, 6.45) is -2.80. The number of aromatic nitrogens is 2. The van der Waals surface area contributed by atoms with Gasteiger partial charge in [0.1, 0.15) is 0 Å². The van der Waals surface area contributed by atoms with Crippen LogP contribution < -0.4 is 0 Å². The molecule has 0 aliphatic heterocycles. The van der Waals surface area contributed by atoms with Crippen molar-refractivity contribution < 1.29 is 13.2 Å². The number of nitrogens with zero attached hydrogens (tertiary/aromatic N) is 2. The van der Waals surface area contributed by atoms with E-state index in [1.807, 2.05) is 36.4 Å². The molecular formula is C20H11Cl2F3N2S. The Morgan fingerprint density at radius 2 is 1.61 bits per heavy atom. The van der Waals surface area contributed by atoms with Crippen LogP contribution in [0.5, 0.6) is 0 Å². The van der Waals surface area contributed by atoms with E-state index < -0.39 is 11.7 Å². The number of hydrogen-bond acceptors (Lipinski definition) is 2. The Labute approximate surface area is 172 Å². The van der Waals surface area contributed by atoms with Crippen molar-refractivity contribution in [3.63, 3.8) is 0 Å². The third-order valence-corrected chi connectivity index (χ3v) is 5.93. The van der Waals surface area contributed by atoms with Gasteiger partial charge in [-0.3, -0.25) is 0 Å². The first kappa shape index (κ1) is 19.1. The number of halogens is 5. The molecule has 0 aliphatic rings. The predicted molar refractivity (Wildman–Crippen MR) is 107 cm³/mol. The standard InChI is InChI=1S/C20H11Cl2F3N2S/c21-14-3-1-2-4-16(14)27-17(9-10-26-27)19-8-7-18(28-19)12-5-6-13(15(22)11-12)20(23,24)25/h1-11H. The van der Waals surface area contributed by atoms with Crippen molar-refractivity contribution in [1.29, 1.82) is 0 Å². The Hall–Kier alpha value is -2.28. The van der Waals surface area contributed by atoms with Gasteiger partial charge in [0.2, 0.25) is 0 Å². The third kappa shape index (κ3) is 3.55. The van der Waals surface area contributed by atoms with Gasteiger partial charge >= 0.3 is 6.18 Å². The highest BCUT2D eigenvalue weighted by atomic mass is 35.5. The van der Waals surface area contributed by atoms with Gasteiger partial charge in [-0.1, -0.05) is 41.4 Å². The summed E-state index contributed by atoms with van der Waals surface area (Å²) in [6, 6.07) is 16.7. The van der Waals surface area contributed by atoms with E-state index >= 15 is 0 Å². The third-order valence-electron chi connectivity index (χ3n) is 4.14. The van der Waals surface area contributed by atoms with Crippen LogP contribution in [0.2, 0.25) is 10.0 Å². The zero-order valence-electron chi connectivity index (χ0n) is 14.0. The quantitative estimate of drug-likeness (QED) is 0.322. The first-order chi connectivity index (χ1) is 13.3. The molecule has 2 aromatic carbocycles. The second kappa shape index (κ2) is 7.28. The average molecular weight is 439 g/mol. The fourth-order valence-electron chi connectivity index (χ4n) is 2.83. The van der Waals surface area contributed by atoms with Gasteiger partial charge in [0.15, 0.2) is 0 Å². The van der Waals surface area contributed by atoms with E-state index in [-0.39, 0.29) is 5.02 Å². The molecule has 0 N–H and O–H groups in total. The summed E-state index contributed by atoms with van der Waals surface area (Å²) in [6.45, 7) is 0. The van der Waals surface area contributed by atoms with Crippen LogP contribution in [-0.2, 0) is 6.18 Å². The molecule has 0 fully saturated rings. The number of para-hydroxylation sites is 1. The SMILES string of the molecule is FC(F)(F)c1ccc(-c2ccc(-c3ccnn3-c3ccccc3Cl)s2)cc1Cl. The van der Waals surface area contributed by atoms with Crippen LogP contribution in [0.4, 0.5) is 13.2 Å². The highest BCUT2D eigenvalue weighted by Crippen LogP contribution is 2.40. The minimum Gasteiger partial charge on any atom is -0.231 e. The Bertz CT molecular complexity index is 1150. The minimum atomic E-state index is -4.47. The van der Waals surface area contributed by atoms with Gasteiger partial charge in [0.05, 0.1) is 38.1 Å². The molecule has 0 bridgehead atoms. The lowest BCUT2D eigenvalue weighted by molar-refractivity contribution is -0.137. The Balaban J connectivity index is 1.72. The summed E-state index contributed by atoms with van der Waals surface area (Å²) in [5.74, 6) is 0. The number of alkyl halides is 3. The lowest BCUT2D eigenvalue weighted by atomic mass is 10.1. The van der Waals surface area contributed by atoms with Crippen molar-refractivity contribution in [1.82, 2.24) is 9.78 Å². The fourth-order valence-corrected chi connectivity index (χ4v) is 4.35. The molecule has 2 nitrogen and oxygen atoms in total. The zero-order chi connectivity index (χ0) is 19.9. The lowest BCUT2D eigenvalue weighted by Gasteiger charge is -2.09. The van der Waals surface area contributed by atoms with E-state index in [0.29, 0.717) is 10.6 Å². The summed E-state index contributed by atoms with van der Waals surface area (Å²) in [7, 11) is 0. The monoisotopic (exact) mass is 438 g/mol. The second-order valence-electron chi connectivity index (χ2n) is 5.94. The maximum Gasteiger partial charge on any atom is 0.417 e. The topological polar surface area (TPSA) is 17.8 Å². The van der Waals surface area contributed by atoms with Crippen molar-refractivity contribution in [3.8, 4) is 26.7 Å². The molecule has 0 amide bonds. The van der Waals surface area contributed by atoms with Crippen LogP contribution >= 0.6 is 34.5 Å². The summed E-state index contributed by atoms with van der Waals surface area (Å²) in [5.41, 5.74) is 1.36. The smallest absolute Gasteiger partial charge is 0.231 e. The molecule has 2 aromatic heterocycles. The number of rotatable bonds is 3. The van der Waals surface area contributed by atoms with Gasteiger partial charge in [-0.25, -0.2) is 4.68 Å². The van der Waals surface area contributed by atoms with E-state index in [0.717, 1.165) is 27.2 Å². The first-order valence-electron chi connectivity index (χ1n) is 8.11. The van der Waals surface area contributed by atoms with Crippen molar-refractivity contribution in [2.24, 2.45) is 0 Å². The number of benzene rings is 2. The molecule has 0 spiro atoms. The van der Waals surface area contributed by atoms with Gasteiger partial charge in [-0.15, -0.1) is 11.3 Å². The van der Waals surface area contributed by atoms with Gasteiger partial charge < -0.3 is 0 Å². The van der Waals surface area contributed by atoms with E-state index in [9.17, 15) is 13.2 Å². The maximum absolute atomic E-state index is 12.9. The Morgan fingerprint density at radius 1 is 0.857 bits per heavy atom. The minimum absolute atomic E-state index is 0.318. The molecular weight excluding hydrogens is 428 g/mol. The maximum atomic E-state index is 12.9. The summed E-state index contributed by atoms with van der Waals surface area (Å²) in [4.78, 5) is 1.71. The van der Waals surface area contributed by atoms with Crippen LogP contribution in [0.3, 0.4) is 0 Å². The van der Waals surface area contributed by atoms with Gasteiger partial charge in [0.25, 0.3) is 0 Å². The van der Waals surface area contributed by atoms with Crippen LogP contribution in [0.25, 0.3) is 26.7 Å². The highest BCUT2D eigenvalue weighted by Gasteiger charge is 2.33. The fraction of sp³-hybridized carbons (Fsp3) is 0.0500. The molecule has 0 saturated heterocycles. The molecule has 142 valence electrons. The van der Waals surface area contributed by atoms with E-state index in [1.165, 1.54) is 23.5 Å². The van der Waals surface area contributed by atoms with E-state index in [4.69, 9.17) is 23.2 Å². The molecule has 0 unspecified atom stereocenters. The lowest BCUT2D eigenvalue weighted by Crippen LogP contribution is -2.05. The molecule has 0 radical (unpaired) electrons. The normalized spacial score (nSPS) is 11.8. The largest absolute Gasteiger partial charge is 0.417 e. The summed E-state index contributed by atoms with van der Waals surface area (Å²) >= 11 is 13.6.